The number of piperidine rings is 1. The number of carboxylic acids is 1. The first-order chi connectivity index (χ1) is 12.0. The fraction of sp³-hybridized carbons (Fsp3) is 0.556. The lowest BCUT2D eigenvalue weighted by molar-refractivity contribution is -0.145. The smallest absolute Gasteiger partial charge is 0.315 e. The van der Waals surface area contributed by atoms with Gasteiger partial charge in [0.15, 0.2) is 0 Å². The number of nitrogens with one attached hydrogen (secondary N) is 2. The lowest BCUT2D eigenvalue weighted by Crippen LogP contribution is -2.53. The van der Waals surface area contributed by atoms with E-state index in [-0.39, 0.29) is 24.0 Å². The van der Waals surface area contributed by atoms with Crippen molar-refractivity contribution in [1.29, 1.82) is 0 Å². The minimum atomic E-state index is -0.775. The summed E-state index contributed by atoms with van der Waals surface area (Å²) in [4.78, 5) is 25.1. The molecule has 0 radical (unpaired) electrons. The van der Waals surface area contributed by atoms with E-state index in [0.29, 0.717) is 12.8 Å². The molecule has 1 saturated heterocycles. The Balaban J connectivity index is 1.40. The fourth-order valence-electron chi connectivity index (χ4n) is 3.44. The lowest BCUT2D eigenvalue weighted by Gasteiger charge is -2.36. The molecular formula is C18H25N3O4. The number of rotatable bonds is 5. The first kappa shape index (κ1) is 17.4. The summed E-state index contributed by atoms with van der Waals surface area (Å²) >= 11 is 0. The number of hydrogen-bond donors (Lipinski definition) is 3. The molecule has 1 saturated carbocycles. The molecule has 1 heterocycles. The van der Waals surface area contributed by atoms with Gasteiger partial charge in [-0.2, -0.15) is 0 Å². The van der Waals surface area contributed by atoms with Crippen LogP contribution in [0.25, 0.3) is 0 Å². The number of benzene rings is 1. The van der Waals surface area contributed by atoms with Crippen LogP contribution >= 0.6 is 0 Å². The average Bonchev–Trinajstić information content (AvgIpc) is 2.58. The summed E-state index contributed by atoms with van der Waals surface area (Å²) in [5, 5.41) is 14.7. The van der Waals surface area contributed by atoms with Gasteiger partial charge in [-0.05, 0) is 37.8 Å². The molecule has 2 amide bonds. The maximum absolute atomic E-state index is 12.0. The largest absolute Gasteiger partial charge is 0.497 e. The maximum atomic E-state index is 12.0. The van der Waals surface area contributed by atoms with Crippen molar-refractivity contribution >= 4 is 17.7 Å². The van der Waals surface area contributed by atoms with E-state index < -0.39 is 5.97 Å². The Morgan fingerprint density at radius 1 is 1.16 bits per heavy atom. The van der Waals surface area contributed by atoms with Crippen LogP contribution in [-0.2, 0) is 4.79 Å². The summed E-state index contributed by atoms with van der Waals surface area (Å²) in [6.45, 7) is 1.76. The molecule has 2 aliphatic rings. The predicted octanol–water partition coefficient (Wildman–Crippen LogP) is 1.83. The molecule has 1 aromatic rings. The Morgan fingerprint density at radius 3 is 2.48 bits per heavy atom. The van der Waals surface area contributed by atoms with Crippen molar-refractivity contribution in [1.82, 2.24) is 10.6 Å². The highest BCUT2D eigenvalue weighted by atomic mass is 16.5. The van der Waals surface area contributed by atoms with E-state index in [1.165, 1.54) is 0 Å². The highest BCUT2D eigenvalue weighted by Crippen LogP contribution is 2.27. The summed E-state index contributed by atoms with van der Waals surface area (Å²) in [5.74, 6) is -0.239. The number of amides is 2. The van der Waals surface area contributed by atoms with Crippen molar-refractivity contribution in [3.8, 4) is 5.75 Å². The molecule has 1 aliphatic heterocycles. The zero-order valence-electron chi connectivity index (χ0n) is 14.4. The Labute approximate surface area is 147 Å². The summed E-state index contributed by atoms with van der Waals surface area (Å²) < 4.78 is 5.27. The minimum Gasteiger partial charge on any atom is -0.497 e. The van der Waals surface area contributed by atoms with Gasteiger partial charge in [0.1, 0.15) is 5.75 Å². The van der Waals surface area contributed by atoms with Crippen molar-refractivity contribution < 1.29 is 19.4 Å². The number of urea groups is 1. The van der Waals surface area contributed by atoms with Crippen LogP contribution in [0.2, 0.25) is 0 Å². The molecule has 1 aromatic carbocycles. The van der Waals surface area contributed by atoms with Gasteiger partial charge in [-0.3, -0.25) is 4.79 Å². The van der Waals surface area contributed by atoms with Crippen molar-refractivity contribution in [2.75, 3.05) is 25.1 Å². The number of ether oxygens (including phenoxy) is 1. The van der Waals surface area contributed by atoms with Gasteiger partial charge in [-0.15, -0.1) is 0 Å². The van der Waals surface area contributed by atoms with E-state index in [2.05, 4.69) is 21.6 Å². The van der Waals surface area contributed by atoms with Crippen LogP contribution in [0.5, 0.6) is 5.75 Å². The van der Waals surface area contributed by atoms with Crippen molar-refractivity contribution in [2.24, 2.45) is 5.92 Å². The second-order valence-electron chi connectivity index (χ2n) is 6.78. The number of methoxy groups -OCH3 is 1. The van der Waals surface area contributed by atoms with Gasteiger partial charge in [-0.25, -0.2) is 4.79 Å². The van der Waals surface area contributed by atoms with Gasteiger partial charge in [-0.1, -0.05) is 6.07 Å². The topological polar surface area (TPSA) is 90.9 Å². The molecular weight excluding hydrogens is 322 g/mol. The quantitative estimate of drug-likeness (QED) is 0.756. The number of aliphatic carboxylic acids is 1. The molecule has 7 nitrogen and oxygen atoms in total. The van der Waals surface area contributed by atoms with E-state index in [4.69, 9.17) is 9.84 Å². The van der Waals surface area contributed by atoms with Gasteiger partial charge in [0.25, 0.3) is 0 Å². The Morgan fingerprint density at radius 2 is 1.84 bits per heavy atom. The Hall–Kier alpha value is -2.44. The third-order valence-corrected chi connectivity index (χ3v) is 5.07. The van der Waals surface area contributed by atoms with Gasteiger partial charge in [0, 0.05) is 36.9 Å². The van der Waals surface area contributed by atoms with Crippen molar-refractivity contribution in [3.05, 3.63) is 24.3 Å². The molecule has 0 spiro atoms. The molecule has 7 heteroatoms. The molecule has 3 rings (SSSR count). The molecule has 3 N–H and O–H groups in total. The Kier molecular flexibility index (Phi) is 5.31. The van der Waals surface area contributed by atoms with Gasteiger partial charge >= 0.3 is 12.0 Å². The SMILES string of the molecule is COc1cccc(N2CCC(NC(=O)NC3CC(C(=O)O)C3)CC2)c1. The highest BCUT2D eigenvalue weighted by molar-refractivity contribution is 5.76. The normalized spacial score (nSPS) is 23.5. The minimum absolute atomic E-state index is 0.0158. The van der Waals surface area contributed by atoms with Gasteiger partial charge < -0.3 is 25.4 Å². The maximum Gasteiger partial charge on any atom is 0.315 e. The zero-order valence-corrected chi connectivity index (χ0v) is 14.4. The fourth-order valence-corrected chi connectivity index (χ4v) is 3.44. The molecule has 1 aliphatic carbocycles. The molecule has 2 fully saturated rings. The van der Waals surface area contributed by atoms with E-state index in [9.17, 15) is 9.59 Å². The number of carbonyl (C=O) groups excluding carboxylic acids is 1. The summed E-state index contributed by atoms with van der Waals surface area (Å²) in [7, 11) is 1.66. The predicted molar refractivity (Wildman–Crippen MR) is 94.0 cm³/mol. The van der Waals surface area contributed by atoms with Crippen molar-refractivity contribution in [3.63, 3.8) is 0 Å². The number of hydrogen-bond acceptors (Lipinski definition) is 4. The van der Waals surface area contributed by atoms with Crippen LogP contribution in [0.3, 0.4) is 0 Å². The molecule has 0 unspecified atom stereocenters. The summed E-state index contributed by atoms with van der Waals surface area (Å²) in [5.41, 5.74) is 1.14. The number of carboxylic acid groups (broad SMARTS) is 1. The second kappa shape index (κ2) is 7.63. The van der Waals surface area contributed by atoms with E-state index >= 15 is 0 Å². The zero-order chi connectivity index (χ0) is 17.8. The lowest BCUT2D eigenvalue weighted by atomic mass is 9.80. The van der Waals surface area contributed by atoms with E-state index in [1.807, 2.05) is 18.2 Å². The van der Waals surface area contributed by atoms with Crippen LogP contribution in [0, 0.1) is 5.92 Å². The monoisotopic (exact) mass is 347 g/mol. The van der Waals surface area contributed by atoms with E-state index in [0.717, 1.165) is 37.4 Å². The van der Waals surface area contributed by atoms with E-state index in [1.54, 1.807) is 7.11 Å². The average molecular weight is 347 g/mol. The van der Waals surface area contributed by atoms with Crippen LogP contribution in [-0.4, -0.2) is 49.4 Å². The number of anilines is 1. The molecule has 0 bridgehead atoms. The van der Waals surface area contributed by atoms with Crippen molar-refractivity contribution in [2.45, 2.75) is 37.8 Å². The first-order valence-electron chi connectivity index (χ1n) is 8.74. The number of nitrogens with zero attached hydrogens (tertiary/aromatic N) is 1. The highest BCUT2D eigenvalue weighted by Gasteiger charge is 2.35. The Bertz CT molecular complexity index is 623. The molecule has 0 atom stereocenters. The van der Waals surface area contributed by atoms with Crippen LogP contribution in [0.4, 0.5) is 10.5 Å². The second-order valence-corrected chi connectivity index (χ2v) is 6.78. The van der Waals surface area contributed by atoms with Gasteiger partial charge in [0.2, 0.25) is 0 Å². The molecule has 25 heavy (non-hydrogen) atoms. The van der Waals surface area contributed by atoms with Gasteiger partial charge in [0.05, 0.1) is 13.0 Å². The van der Waals surface area contributed by atoms with Crippen LogP contribution in [0.15, 0.2) is 24.3 Å². The third kappa shape index (κ3) is 4.35. The standard InChI is InChI=1S/C18H25N3O4/c1-25-16-4-2-3-15(11-16)21-7-5-13(6-8-21)19-18(24)20-14-9-12(10-14)17(22)23/h2-4,11-14H,5-10H2,1H3,(H,22,23)(H2,19,20,24). The number of carbonyl (C=O) groups is 2. The summed E-state index contributed by atoms with van der Waals surface area (Å²) in [6, 6.07) is 7.95. The first-order valence-corrected chi connectivity index (χ1v) is 8.74. The third-order valence-electron chi connectivity index (χ3n) is 5.07. The molecule has 136 valence electrons. The molecule has 0 aromatic heterocycles. The summed E-state index contributed by atoms with van der Waals surface area (Å²) in [6.07, 6.45) is 2.81. The van der Waals surface area contributed by atoms with Crippen LogP contribution < -0.4 is 20.3 Å². The van der Waals surface area contributed by atoms with Crippen LogP contribution in [0.1, 0.15) is 25.7 Å².